The van der Waals surface area contributed by atoms with Crippen LogP contribution in [0, 0.1) is 0 Å². The van der Waals surface area contributed by atoms with Crippen LogP contribution in [-0.4, -0.2) is 29.4 Å². The first-order valence-corrected chi connectivity index (χ1v) is 10.8. The first kappa shape index (κ1) is 20.0. The van der Waals surface area contributed by atoms with E-state index >= 15 is 0 Å². The number of nitrogens with one attached hydrogen (secondary N) is 1. The van der Waals surface area contributed by atoms with Gasteiger partial charge < -0.3 is 14.6 Å². The first-order valence-electron chi connectivity index (χ1n) is 10.1. The number of methoxy groups -OCH3 is 1. The van der Waals surface area contributed by atoms with Gasteiger partial charge in [-0.2, -0.15) is 0 Å². The van der Waals surface area contributed by atoms with Gasteiger partial charge in [0.2, 0.25) is 0 Å². The second-order valence-corrected chi connectivity index (χ2v) is 8.51. The fraction of sp³-hybridized carbons (Fsp3) is 0.160. The Morgan fingerprint density at radius 3 is 2.42 bits per heavy atom. The minimum atomic E-state index is -0.246. The zero-order chi connectivity index (χ0) is 21.5. The zero-order valence-electron chi connectivity index (χ0n) is 16.9. The molecule has 1 aromatic heterocycles. The summed E-state index contributed by atoms with van der Waals surface area (Å²) in [5.41, 5.74) is 4.88. The number of hydrogen-bond acceptors (Lipinski definition) is 2. The van der Waals surface area contributed by atoms with Crippen molar-refractivity contribution in [3.05, 3.63) is 99.2 Å². The SMILES string of the molecule is COc1ccc(C2c3[nH]c4ccc(Cl)cc4c3CCN2C(=O)c2ccc(Cl)cc2)cc1. The lowest BCUT2D eigenvalue weighted by atomic mass is 9.91. The number of nitrogens with zero attached hydrogens (tertiary/aromatic N) is 1. The van der Waals surface area contributed by atoms with Crippen LogP contribution in [0.3, 0.4) is 0 Å². The Balaban J connectivity index is 1.65. The lowest BCUT2D eigenvalue weighted by Gasteiger charge is -2.36. The highest BCUT2D eigenvalue weighted by molar-refractivity contribution is 6.31. The van der Waals surface area contributed by atoms with Gasteiger partial charge in [-0.25, -0.2) is 0 Å². The van der Waals surface area contributed by atoms with E-state index in [2.05, 4.69) is 4.98 Å². The van der Waals surface area contributed by atoms with Gasteiger partial charge in [0.05, 0.1) is 13.2 Å². The highest BCUT2D eigenvalue weighted by Gasteiger charge is 2.35. The molecule has 1 aliphatic rings. The van der Waals surface area contributed by atoms with Crippen LogP contribution in [0.15, 0.2) is 66.7 Å². The fourth-order valence-corrected chi connectivity index (χ4v) is 4.67. The van der Waals surface area contributed by atoms with Crippen molar-refractivity contribution >= 4 is 40.0 Å². The molecule has 0 saturated carbocycles. The van der Waals surface area contributed by atoms with Crippen LogP contribution < -0.4 is 4.74 Å². The van der Waals surface area contributed by atoms with E-state index in [1.807, 2.05) is 47.4 Å². The van der Waals surface area contributed by atoms with Gasteiger partial charge in [-0.3, -0.25) is 4.79 Å². The molecule has 2 heterocycles. The summed E-state index contributed by atoms with van der Waals surface area (Å²) >= 11 is 12.3. The maximum absolute atomic E-state index is 13.5. The van der Waals surface area contributed by atoms with E-state index in [4.69, 9.17) is 27.9 Å². The Kier molecular flexibility index (Phi) is 5.12. The van der Waals surface area contributed by atoms with E-state index in [-0.39, 0.29) is 11.9 Å². The molecule has 1 atom stereocenters. The van der Waals surface area contributed by atoms with Crippen LogP contribution in [-0.2, 0) is 6.42 Å². The summed E-state index contributed by atoms with van der Waals surface area (Å²) in [5.74, 6) is 0.749. The number of amides is 1. The molecule has 1 unspecified atom stereocenters. The molecular formula is C25H20Cl2N2O2. The van der Waals surface area contributed by atoms with Crippen LogP contribution in [0.5, 0.6) is 5.75 Å². The number of benzene rings is 3. The average molecular weight is 451 g/mol. The van der Waals surface area contributed by atoms with Gasteiger partial charge >= 0.3 is 0 Å². The van der Waals surface area contributed by atoms with Crippen LogP contribution >= 0.6 is 23.2 Å². The van der Waals surface area contributed by atoms with Crippen molar-refractivity contribution < 1.29 is 9.53 Å². The number of ether oxygens (including phenoxy) is 1. The molecule has 1 aliphatic heterocycles. The summed E-state index contributed by atoms with van der Waals surface area (Å²) in [4.78, 5) is 19.0. The fourth-order valence-electron chi connectivity index (χ4n) is 4.37. The number of fused-ring (bicyclic) bond motifs is 3. The van der Waals surface area contributed by atoms with Gasteiger partial charge in [0, 0.05) is 38.8 Å². The van der Waals surface area contributed by atoms with Crippen molar-refractivity contribution in [2.24, 2.45) is 0 Å². The molecule has 4 nitrogen and oxygen atoms in total. The highest BCUT2D eigenvalue weighted by atomic mass is 35.5. The molecule has 0 bridgehead atoms. The number of H-pyrrole nitrogens is 1. The molecule has 0 saturated heterocycles. The molecule has 4 aromatic rings. The van der Waals surface area contributed by atoms with Crippen molar-refractivity contribution in [1.29, 1.82) is 0 Å². The topological polar surface area (TPSA) is 45.3 Å². The molecule has 5 rings (SSSR count). The molecule has 31 heavy (non-hydrogen) atoms. The van der Waals surface area contributed by atoms with Crippen LogP contribution in [0.25, 0.3) is 10.9 Å². The predicted octanol–water partition coefficient (Wildman–Crippen LogP) is 6.27. The predicted molar refractivity (Wildman–Crippen MR) is 124 cm³/mol. The normalized spacial score (nSPS) is 15.7. The lowest BCUT2D eigenvalue weighted by Crippen LogP contribution is -2.40. The Hall–Kier alpha value is -2.95. The third kappa shape index (κ3) is 3.56. The third-order valence-electron chi connectivity index (χ3n) is 5.87. The van der Waals surface area contributed by atoms with Crippen LogP contribution in [0.1, 0.15) is 33.2 Å². The number of hydrogen-bond donors (Lipinski definition) is 1. The third-order valence-corrected chi connectivity index (χ3v) is 6.36. The quantitative estimate of drug-likeness (QED) is 0.399. The van der Waals surface area contributed by atoms with E-state index in [1.54, 1.807) is 31.4 Å². The van der Waals surface area contributed by atoms with Crippen molar-refractivity contribution in [3.8, 4) is 5.75 Å². The van der Waals surface area contributed by atoms with E-state index < -0.39 is 0 Å². The standard InChI is InChI=1S/C25H20Cl2N2O2/c1-31-19-9-4-15(5-10-19)24-23-20(21-14-18(27)8-11-22(21)28-23)12-13-29(24)25(30)16-2-6-17(26)7-3-16/h2-11,14,24,28H,12-13H2,1H3. The Morgan fingerprint density at radius 2 is 1.71 bits per heavy atom. The molecule has 0 fully saturated rings. The molecule has 0 spiro atoms. The summed E-state index contributed by atoms with van der Waals surface area (Å²) in [7, 11) is 1.64. The van der Waals surface area contributed by atoms with E-state index in [0.717, 1.165) is 34.3 Å². The Bertz CT molecular complexity index is 1260. The Morgan fingerprint density at radius 1 is 1.00 bits per heavy atom. The summed E-state index contributed by atoms with van der Waals surface area (Å²) < 4.78 is 5.33. The van der Waals surface area contributed by atoms with E-state index in [1.165, 1.54) is 5.56 Å². The molecule has 0 aliphatic carbocycles. The summed E-state index contributed by atoms with van der Waals surface area (Å²) in [5, 5.41) is 2.42. The van der Waals surface area contributed by atoms with Crippen molar-refractivity contribution in [1.82, 2.24) is 9.88 Å². The van der Waals surface area contributed by atoms with Crippen molar-refractivity contribution in [3.63, 3.8) is 0 Å². The minimum Gasteiger partial charge on any atom is -0.497 e. The largest absolute Gasteiger partial charge is 0.497 e. The minimum absolute atomic E-state index is 0.0279. The van der Waals surface area contributed by atoms with Gasteiger partial charge in [0.25, 0.3) is 5.91 Å². The molecule has 0 radical (unpaired) electrons. The maximum Gasteiger partial charge on any atom is 0.254 e. The molecule has 156 valence electrons. The van der Waals surface area contributed by atoms with Crippen LogP contribution in [0.2, 0.25) is 10.0 Å². The second kappa shape index (κ2) is 7.95. The van der Waals surface area contributed by atoms with Gasteiger partial charge in [-0.15, -0.1) is 0 Å². The maximum atomic E-state index is 13.5. The van der Waals surface area contributed by atoms with Crippen molar-refractivity contribution in [2.45, 2.75) is 12.5 Å². The summed E-state index contributed by atoms with van der Waals surface area (Å²) in [6.45, 7) is 0.602. The smallest absolute Gasteiger partial charge is 0.254 e. The number of halogens is 2. The van der Waals surface area contributed by atoms with Gasteiger partial charge in [0.15, 0.2) is 0 Å². The lowest BCUT2D eigenvalue weighted by molar-refractivity contribution is 0.0692. The highest BCUT2D eigenvalue weighted by Crippen LogP contribution is 2.40. The molecule has 1 N–H and O–H groups in total. The molecule has 1 amide bonds. The molecule has 6 heteroatoms. The van der Waals surface area contributed by atoms with Crippen molar-refractivity contribution in [2.75, 3.05) is 13.7 Å². The van der Waals surface area contributed by atoms with E-state index in [0.29, 0.717) is 22.2 Å². The average Bonchev–Trinajstić information content (AvgIpc) is 3.16. The first-order chi connectivity index (χ1) is 15.0. The number of carbonyl (C=O) groups is 1. The Labute approximate surface area is 190 Å². The van der Waals surface area contributed by atoms with Gasteiger partial charge in [-0.05, 0) is 72.1 Å². The van der Waals surface area contributed by atoms with Gasteiger partial charge in [-0.1, -0.05) is 35.3 Å². The second-order valence-electron chi connectivity index (χ2n) is 7.64. The monoisotopic (exact) mass is 450 g/mol. The number of aromatic amines is 1. The van der Waals surface area contributed by atoms with Crippen LogP contribution in [0.4, 0.5) is 0 Å². The number of carbonyl (C=O) groups excluding carboxylic acids is 1. The zero-order valence-corrected chi connectivity index (χ0v) is 18.4. The summed E-state index contributed by atoms with van der Waals surface area (Å²) in [6.07, 6.45) is 0.752. The number of rotatable bonds is 3. The number of aromatic nitrogens is 1. The van der Waals surface area contributed by atoms with E-state index in [9.17, 15) is 4.79 Å². The summed E-state index contributed by atoms with van der Waals surface area (Å²) in [6, 6.07) is 20.5. The molecular weight excluding hydrogens is 431 g/mol. The molecule has 3 aromatic carbocycles. The van der Waals surface area contributed by atoms with Gasteiger partial charge in [0.1, 0.15) is 5.75 Å².